The Kier molecular flexibility index (Phi) is 6.66. The summed E-state index contributed by atoms with van der Waals surface area (Å²) in [5, 5.41) is 0. The molecule has 0 bridgehead atoms. The van der Waals surface area contributed by atoms with Crippen molar-refractivity contribution in [2.45, 2.75) is 149 Å². The minimum atomic E-state index is 0.0831. The zero-order valence-corrected chi connectivity index (χ0v) is 23.5. The fraction of sp³-hybridized carbons (Fsp3) is 1.00. The zero-order chi connectivity index (χ0) is 24.4. The monoisotopic (exact) mass is 486 g/mol. The smallest absolute Gasteiger partial charge is 0.157 e. The highest BCUT2D eigenvalue weighted by Gasteiger charge is 2.61. The average molecular weight is 487 g/mol. The number of hydrogen-bond donors (Lipinski definition) is 0. The van der Waals surface area contributed by atoms with Gasteiger partial charge in [0.1, 0.15) is 0 Å². The van der Waals surface area contributed by atoms with E-state index in [0.29, 0.717) is 23.0 Å². The first-order chi connectivity index (χ1) is 16.7. The minimum absolute atomic E-state index is 0.0831. The van der Waals surface area contributed by atoms with Crippen LogP contribution in [0.15, 0.2) is 0 Å². The molecule has 6 rings (SSSR count). The first-order valence-electron chi connectivity index (χ1n) is 15.7. The van der Waals surface area contributed by atoms with Gasteiger partial charge in [0.15, 0.2) is 6.29 Å². The molecule has 35 heavy (non-hydrogen) atoms. The summed E-state index contributed by atoms with van der Waals surface area (Å²) in [6, 6.07) is 0. The lowest BCUT2D eigenvalue weighted by atomic mass is 9.44. The summed E-state index contributed by atoms with van der Waals surface area (Å²) in [4.78, 5) is 0. The van der Waals surface area contributed by atoms with Crippen LogP contribution in [0.1, 0.15) is 125 Å². The van der Waals surface area contributed by atoms with E-state index in [1.807, 2.05) is 0 Å². The Hall–Kier alpha value is -0.120. The number of rotatable bonds is 6. The van der Waals surface area contributed by atoms with Crippen LogP contribution < -0.4 is 0 Å². The molecule has 0 spiro atoms. The van der Waals surface area contributed by atoms with Crippen LogP contribution in [0.5, 0.6) is 0 Å². The van der Waals surface area contributed by atoms with Crippen LogP contribution in [0, 0.1) is 46.3 Å². The van der Waals surface area contributed by atoms with Crippen LogP contribution in [-0.2, 0) is 14.2 Å². The van der Waals surface area contributed by atoms with Crippen molar-refractivity contribution in [1.82, 2.24) is 0 Å². The van der Waals surface area contributed by atoms with E-state index in [4.69, 9.17) is 14.2 Å². The van der Waals surface area contributed by atoms with Gasteiger partial charge in [0.2, 0.25) is 0 Å². The topological polar surface area (TPSA) is 31.0 Å². The third kappa shape index (κ3) is 4.46. The summed E-state index contributed by atoms with van der Waals surface area (Å²) in [5.41, 5.74) is 1.29. The molecule has 0 amide bonds. The molecule has 2 saturated heterocycles. The first-order valence-corrected chi connectivity index (χ1v) is 15.7. The molecular weight excluding hydrogens is 432 g/mol. The Balaban J connectivity index is 1.08. The van der Waals surface area contributed by atoms with Gasteiger partial charge in [0.25, 0.3) is 0 Å². The van der Waals surface area contributed by atoms with E-state index in [1.165, 1.54) is 83.5 Å². The standard InChI is InChI=1S/C32H54O3/c1-21(9-14-28-30(2,3)35-28)25-12-13-26-24-11-10-22-20-23(34-29-8-6-7-19-33-29)15-17-31(22,4)27(24)16-18-32(25,26)5/h21-29H,6-20H2,1-5H3/t21-,22-,23-,24+,25-,26+,27+,28-,29?,31+,32-/m1/s1. The predicted octanol–water partition coefficient (Wildman–Crippen LogP) is 8.15. The van der Waals surface area contributed by atoms with Gasteiger partial charge in [-0.25, -0.2) is 0 Å². The zero-order valence-electron chi connectivity index (χ0n) is 23.5. The van der Waals surface area contributed by atoms with Gasteiger partial charge in [0.05, 0.1) is 17.8 Å². The maximum absolute atomic E-state index is 6.51. The van der Waals surface area contributed by atoms with Gasteiger partial charge in [-0.1, -0.05) is 20.8 Å². The summed E-state index contributed by atoms with van der Waals surface area (Å²) in [6.07, 6.45) is 20.1. The lowest BCUT2D eigenvalue weighted by Gasteiger charge is -2.61. The molecule has 0 N–H and O–H groups in total. The fourth-order valence-electron chi connectivity index (χ4n) is 10.7. The Morgan fingerprint density at radius 2 is 1.63 bits per heavy atom. The third-order valence-corrected chi connectivity index (χ3v) is 12.9. The molecular formula is C32H54O3. The van der Waals surface area contributed by atoms with Crippen molar-refractivity contribution in [3.8, 4) is 0 Å². The summed E-state index contributed by atoms with van der Waals surface area (Å²) < 4.78 is 18.4. The van der Waals surface area contributed by atoms with Crippen molar-refractivity contribution in [3.05, 3.63) is 0 Å². The summed E-state index contributed by atoms with van der Waals surface area (Å²) >= 11 is 0. The van der Waals surface area contributed by atoms with Gasteiger partial charge in [-0.05, 0) is 150 Å². The Morgan fingerprint density at radius 1 is 0.857 bits per heavy atom. The molecule has 1 unspecified atom stereocenters. The highest BCUT2D eigenvalue weighted by Crippen LogP contribution is 2.68. The van der Waals surface area contributed by atoms with Crippen LogP contribution in [-0.4, -0.2) is 30.7 Å². The quantitative estimate of drug-likeness (QED) is 0.280. The van der Waals surface area contributed by atoms with Crippen LogP contribution in [0.25, 0.3) is 0 Å². The SMILES string of the molecule is C[C@H](CC[C@H]1OC1(C)C)[C@H]1CC[C@H]2[C@@H]3CC[C@@H]4C[C@H](OC5CCCCO5)CC[C@]4(C)[C@H]3CC[C@]12C. The van der Waals surface area contributed by atoms with Gasteiger partial charge in [-0.2, -0.15) is 0 Å². The first kappa shape index (κ1) is 25.2. The van der Waals surface area contributed by atoms with Crippen molar-refractivity contribution < 1.29 is 14.2 Å². The van der Waals surface area contributed by atoms with Crippen molar-refractivity contribution in [3.63, 3.8) is 0 Å². The number of epoxide rings is 1. The molecule has 6 aliphatic rings. The molecule has 0 aromatic heterocycles. The molecule has 6 fully saturated rings. The molecule has 3 heteroatoms. The molecule has 0 aromatic carbocycles. The largest absolute Gasteiger partial charge is 0.367 e. The number of fused-ring (bicyclic) bond motifs is 5. The summed E-state index contributed by atoms with van der Waals surface area (Å²) in [6.45, 7) is 13.4. The lowest BCUT2D eigenvalue weighted by Crippen LogP contribution is -2.54. The van der Waals surface area contributed by atoms with Gasteiger partial charge in [-0.3, -0.25) is 0 Å². The van der Waals surface area contributed by atoms with E-state index in [9.17, 15) is 0 Å². The average Bonchev–Trinajstić information content (AvgIpc) is 3.29. The second-order valence-corrected chi connectivity index (χ2v) is 15.0. The molecule has 0 aromatic rings. The highest BCUT2D eigenvalue weighted by molar-refractivity contribution is 5.10. The maximum Gasteiger partial charge on any atom is 0.157 e. The predicted molar refractivity (Wildman–Crippen MR) is 141 cm³/mol. The normalized spacial score (nSPS) is 51.7. The summed E-state index contributed by atoms with van der Waals surface area (Å²) in [5.74, 6) is 5.57. The van der Waals surface area contributed by atoms with Crippen LogP contribution in [0.3, 0.4) is 0 Å². The molecule has 4 aliphatic carbocycles. The maximum atomic E-state index is 6.51. The van der Waals surface area contributed by atoms with Crippen LogP contribution in [0.2, 0.25) is 0 Å². The van der Waals surface area contributed by atoms with Crippen molar-refractivity contribution in [2.75, 3.05) is 6.61 Å². The Labute approximate surface area is 215 Å². The lowest BCUT2D eigenvalue weighted by molar-refractivity contribution is -0.212. The molecule has 3 nitrogen and oxygen atoms in total. The van der Waals surface area contributed by atoms with Gasteiger partial charge < -0.3 is 14.2 Å². The number of hydrogen-bond acceptors (Lipinski definition) is 3. The summed E-state index contributed by atoms with van der Waals surface area (Å²) in [7, 11) is 0. The van der Waals surface area contributed by atoms with Crippen molar-refractivity contribution >= 4 is 0 Å². The molecule has 2 heterocycles. The second-order valence-electron chi connectivity index (χ2n) is 15.0. The van der Waals surface area contributed by atoms with Gasteiger partial charge in [0, 0.05) is 6.61 Å². The molecule has 0 radical (unpaired) electrons. The van der Waals surface area contributed by atoms with Crippen molar-refractivity contribution in [2.24, 2.45) is 46.3 Å². The van der Waals surface area contributed by atoms with Crippen LogP contribution in [0.4, 0.5) is 0 Å². The molecule has 4 saturated carbocycles. The number of ether oxygens (including phenoxy) is 3. The van der Waals surface area contributed by atoms with E-state index >= 15 is 0 Å². The molecule has 11 atom stereocenters. The van der Waals surface area contributed by atoms with Gasteiger partial charge in [-0.15, -0.1) is 0 Å². The Morgan fingerprint density at radius 3 is 2.37 bits per heavy atom. The Bertz CT molecular complexity index is 758. The fourth-order valence-corrected chi connectivity index (χ4v) is 10.7. The van der Waals surface area contributed by atoms with E-state index in [1.54, 1.807) is 0 Å². The highest BCUT2D eigenvalue weighted by atomic mass is 16.7. The third-order valence-electron chi connectivity index (χ3n) is 12.9. The molecule has 2 aliphatic heterocycles. The van der Waals surface area contributed by atoms with E-state index < -0.39 is 0 Å². The van der Waals surface area contributed by atoms with E-state index in [2.05, 4.69) is 34.6 Å². The van der Waals surface area contributed by atoms with E-state index in [0.717, 1.165) is 48.5 Å². The minimum Gasteiger partial charge on any atom is -0.367 e. The van der Waals surface area contributed by atoms with Crippen molar-refractivity contribution in [1.29, 1.82) is 0 Å². The van der Waals surface area contributed by atoms with E-state index in [-0.39, 0.29) is 11.9 Å². The molecule has 200 valence electrons. The van der Waals surface area contributed by atoms with Crippen LogP contribution >= 0.6 is 0 Å². The van der Waals surface area contributed by atoms with Gasteiger partial charge >= 0.3 is 0 Å². The second kappa shape index (κ2) is 9.26.